The van der Waals surface area contributed by atoms with Crippen LogP contribution in [0.4, 0.5) is 0 Å². The van der Waals surface area contributed by atoms with E-state index >= 15 is 0 Å². The van der Waals surface area contributed by atoms with E-state index in [-0.39, 0.29) is 0 Å². The van der Waals surface area contributed by atoms with Crippen molar-refractivity contribution in [1.29, 1.82) is 0 Å². The van der Waals surface area contributed by atoms with E-state index in [1.54, 1.807) is 7.11 Å². The predicted molar refractivity (Wildman–Crippen MR) is 59.3 cm³/mol. The van der Waals surface area contributed by atoms with Crippen molar-refractivity contribution in [2.75, 3.05) is 13.7 Å². The highest BCUT2D eigenvalue weighted by atomic mass is 16.5. The third-order valence-corrected chi connectivity index (χ3v) is 3.19. The SMILES string of the molecule is COCC1C(C)=C(C)c2ccccc21. The Morgan fingerprint density at radius 2 is 1.93 bits per heavy atom. The van der Waals surface area contributed by atoms with Gasteiger partial charge in [0.1, 0.15) is 0 Å². The van der Waals surface area contributed by atoms with Crippen LogP contribution in [-0.4, -0.2) is 13.7 Å². The zero-order chi connectivity index (χ0) is 10.1. The number of fused-ring (bicyclic) bond motifs is 1. The van der Waals surface area contributed by atoms with Gasteiger partial charge in [0.05, 0.1) is 6.61 Å². The lowest BCUT2D eigenvalue weighted by atomic mass is 9.98. The van der Waals surface area contributed by atoms with Crippen LogP contribution in [0, 0.1) is 0 Å². The fourth-order valence-corrected chi connectivity index (χ4v) is 2.23. The van der Waals surface area contributed by atoms with Crippen LogP contribution in [0.3, 0.4) is 0 Å². The molecule has 0 amide bonds. The Kier molecular flexibility index (Phi) is 2.42. The van der Waals surface area contributed by atoms with Crippen LogP contribution in [0.2, 0.25) is 0 Å². The van der Waals surface area contributed by atoms with Gasteiger partial charge in [0, 0.05) is 13.0 Å². The second-order valence-electron chi connectivity index (χ2n) is 3.90. The van der Waals surface area contributed by atoms with Crippen molar-refractivity contribution in [2.45, 2.75) is 19.8 Å². The van der Waals surface area contributed by atoms with E-state index in [1.807, 2.05) is 0 Å². The highest BCUT2D eigenvalue weighted by Gasteiger charge is 2.25. The molecule has 1 atom stereocenters. The summed E-state index contributed by atoms with van der Waals surface area (Å²) in [5.74, 6) is 0.469. The van der Waals surface area contributed by atoms with Gasteiger partial charge in [-0.2, -0.15) is 0 Å². The second kappa shape index (κ2) is 3.58. The minimum absolute atomic E-state index is 0.469. The van der Waals surface area contributed by atoms with Crippen molar-refractivity contribution in [3.05, 3.63) is 41.0 Å². The van der Waals surface area contributed by atoms with Gasteiger partial charge in [0.25, 0.3) is 0 Å². The van der Waals surface area contributed by atoms with Crippen LogP contribution in [0.15, 0.2) is 29.8 Å². The molecule has 1 aliphatic rings. The van der Waals surface area contributed by atoms with Crippen molar-refractivity contribution in [3.8, 4) is 0 Å². The van der Waals surface area contributed by atoms with Gasteiger partial charge >= 0.3 is 0 Å². The molecule has 1 unspecified atom stereocenters. The summed E-state index contributed by atoms with van der Waals surface area (Å²) < 4.78 is 5.27. The molecule has 0 saturated carbocycles. The molecule has 0 radical (unpaired) electrons. The Morgan fingerprint density at radius 1 is 1.21 bits per heavy atom. The fourth-order valence-electron chi connectivity index (χ4n) is 2.23. The summed E-state index contributed by atoms with van der Waals surface area (Å²) in [7, 11) is 1.77. The van der Waals surface area contributed by atoms with Crippen molar-refractivity contribution < 1.29 is 4.74 Å². The van der Waals surface area contributed by atoms with Crippen molar-refractivity contribution >= 4 is 5.57 Å². The molecule has 0 saturated heterocycles. The summed E-state index contributed by atoms with van der Waals surface area (Å²) in [6.45, 7) is 5.20. The third kappa shape index (κ3) is 1.28. The number of benzene rings is 1. The first kappa shape index (κ1) is 9.47. The number of ether oxygens (including phenoxy) is 1. The molecule has 1 aliphatic carbocycles. The molecule has 0 aromatic heterocycles. The lowest BCUT2D eigenvalue weighted by molar-refractivity contribution is 0.189. The Morgan fingerprint density at radius 3 is 2.64 bits per heavy atom. The van der Waals surface area contributed by atoms with E-state index in [4.69, 9.17) is 4.74 Å². The quantitative estimate of drug-likeness (QED) is 0.692. The lowest BCUT2D eigenvalue weighted by Crippen LogP contribution is -2.04. The van der Waals surface area contributed by atoms with Crippen LogP contribution >= 0.6 is 0 Å². The molecule has 74 valence electrons. The molecular weight excluding hydrogens is 172 g/mol. The van der Waals surface area contributed by atoms with Crippen LogP contribution in [-0.2, 0) is 4.74 Å². The van der Waals surface area contributed by atoms with Gasteiger partial charge in [-0.15, -0.1) is 0 Å². The van der Waals surface area contributed by atoms with E-state index in [9.17, 15) is 0 Å². The second-order valence-corrected chi connectivity index (χ2v) is 3.90. The maximum absolute atomic E-state index is 5.27. The number of methoxy groups -OCH3 is 1. The molecule has 1 aromatic carbocycles. The molecule has 0 N–H and O–H groups in total. The molecular formula is C13H16O. The molecule has 0 spiro atoms. The zero-order valence-corrected chi connectivity index (χ0v) is 9.00. The highest BCUT2D eigenvalue weighted by molar-refractivity contribution is 5.76. The number of hydrogen-bond donors (Lipinski definition) is 0. The van der Waals surface area contributed by atoms with E-state index in [2.05, 4.69) is 38.1 Å². The van der Waals surface area contributed by atoms with Crippen molar-refractivity contribution in [2.24, 2.45) is 0 Å². The number of hydrogen-bond acceptors (Lipinski definition) is 1. The van der Waals surface area contributed by atoms with Crippen LogP contribution < -0.4 is 0 Å². The smallest absolute Gasteiger partial charge is 0.0568 e. The van der Waals surface area contributed by atoms with Gasteiger partial charge < -0.3 is 4.74 Å². The monoisotopic (exact) mass is 188 g/mol. The molecule has 14 heavy (non-hydrogen) atoms. The first-order valence-electron chi connectivity index (χ1n) is 5.01. The van der Waals surface area contributed by atoms with Gasteiger partial charge in [-0.05, 0) is 30.5 Å². The summed E-state index contributed by atoms with van der Waals surface area (Å²) in [5, 5.41) is 0. The summed E-state index contributed by atoms with van der Waals surface area (Å²) in [5.41, 5.74) is 5.69. The van der Waals surface area contributed by atoms with Crippen molar-refractivity contribution in [3.63, 3.8) is 0 Å². The average Bonchev–Trinajstić information content (AvgIpc) is 2.45. The standard InChI is InChI=1S/C13H16O/c1-9-10(2)13(8-14-3)12-7-5-4-6-11(9)12/h4-7,13H,8H2,1-3H3. The van der Waals surface area contributed by atoms with Crippen LogP contribution in [0.1, 0.15) is 30.9 Å². The maximum Gasteiger partial charge on any atom is 0.0568 e. The largest absolute Gasteiger partial charge is 0.384 e. The van der Waals surface area contributed by atoms with Gasteiger partial charge in [0.15, 0.2) is 0 Å². The maximum atomic E-state index is 5.27. The Bertz CT molecular complexity index is 377. The zero-order valence-electron chi connectivity index (χ0n) is 9.00. The van der Waals surface area contributed by atoms with Gasteiger partial charge in [-0.25, -0.2) is 0 Å². The average molecular weight is 188 g/mol. The molecule has 2 rings (SSSR count). The topological polar surface area (TPSA) is 9.23 Å². The molecule has 0 heterocycles. The van der Waals surface area contributed by atoms with E-state index in [1.165, 1.54) is 22.3 Å². The first-order chi connectivity index (χ1) is 6.75. The van der Waals surface area contributed by atoms with E-state index in [0.29, 0.717) is 5.92 Å². The Labute approximate surface area is 85.4 Å². The molecule has 0 bridgehead atoms. The summed E-state index contributed by atoms with van der Waals surface area (Å²) >= 11 is 0. The van der Waals surface area contributed by atoms with Crippen LogP contribution in [0.5, 0.6) is 0 Å². The fraction of sp³-hybridized carbons (Fsp3) is 0.385. The first-order valence-corrected chi connectivity index (χ1v) is 5.01. The molecule has 0 aliphatic heterocycles. The van der Waals surface area contributed by atoms with E-state index < -0.39 is 0 Å². The summed E-state index contributed by atoms with van der Waals surface area (Å²) in [6, 6.07) is 8.61. The molecule has 0 fully saturated rings. The highest BCUT2D eigenvalue weighted by Crippen LogP contribution is 2.41. The minimum Gasteiger partial charge on any atom is -0.384 e. The van der Waals surface area contributed by atoms with E-state index in [0.717, 1.165) is 6.61 Å². The summed E-state index contributed by atoms with van der Waals surface area (Å²) in [4.78, 5) is 0. The normalized spacial score (nSPS) is 20.1. The minimum atomic E-state index is 0.469. The van der Waals surface area contributed by atoms with Gasteiger partial charge in [0.2, 0.25) is 0 Å². The Hall–Kier alpha value is -1.08. The van der Waals surface area contributed by atoms with Crippen LogP contribution in [0.25, 0.3) is 5.57 Å². The number of rotatable bonds is 2. The molecule has 1 nitrogen and oxygen atoms in total. The van der Waals surface area contributed by atoms with Crippen molar-refractivity contribution in [1.82, 2.24) is 0 Å². The predicted octanol–water partition coefficient (Wildman–Crippen LogP) is 3.22. The molecule has 1 aromatic rings. The third-order valence-electron chi connectivity index (χ3n) is 3.19. The summed E-state index contributed by atoms with van der Waals surface area (Å²) in [6.07, 6.45) is 0. The van der Waals surface area contributed by atoms with Gasteiger partial charge in [-0.3, -0.25) is 0 Å². The number of allylic oxidation sites excluding steroid dienone is 1. The molecule has 1 heteroatoms. The van der Waals surface area contributed by atoms with Gasteiger partial charge in [-0.1, -0.05) is 29.8 Å². The Balaban J connectivity index is 2.47. The lowest BCUT2D eigenvalue weighted by Gasteiger charge is -2.12.